The second-order valence-electron chi connectivity index (χ2n) is 7.88. The van der Waals surface area contributed by atoms with Crippen molar-refractivity contribution < 1.29 is 14.3 Å². The second-order valence-corrected chi connectivity index (χ2v) is 7.88. The average Bonchev–Trinajstić information content (AvgIpc) is 2.80. The molecular weight excluding hydrogens is 388 g/mol. The molecule has 156 valence electrons. The van der Waals surface area contributed by atoms with Crippen LogP contribution in [-0.2, 0) is 11.2 Å². The highest BCUT2D eigenvalue weighted by Crippen LogP contribution is 2.46. The molecule has 3 aromatic carbocycles. The number of nitrogens with zero attached hydrogens (tertiary/aromatic N) is 1. The van der Waals surface area contributed by atoms with Gasteiger partial charge < -0.3 is 15.0 Å². The van der Waals surface area contributed by atoms with Crippen LogP contribution in [0.15, 0.2) is 72.8 Å². The van der Waals surface area contributed by atoms with Crippen LogP contribution in [0.5, 0.6) is 5.75 Å². The van der Waals surface area contributed by atoms with Crippen molar-refractivity contribution in [2.24, 2.45) is 0 Å². The van der Waals surface area contributed by atoms with Gasteiger partial charge in [-0.1, -0.05) is 54.6 Å². The summed E-state index contributed by atoms with van der Waals surface area (Å²) in [5.41, 5.74) is 4.27. The molecule has 2 heterocycles. The topological polar surface area (TPSA) is 58.6 Å². The van der Waals surface area contributed by atoms with Crippen molar-refractivity contribution >= 4 is 17.5 Å². The first-order chi connectivity index (χ1) is 15.2. The molecule has 2 aliphatic rings. The van der Waals surface area contributed by atoms with Gasteiger partial charge in [-0.05, 0) is 48.2 Å². The second kappa shape index (κ2) is 7.91. The number of para-hydroxylation sites is 2. The van der Waals surface area contributed by atoms with Crippen LogP contribution in [0.25, 0.3) is 0 Å². The van der Waals surface area contributed by atoms with Crippen LogP contribution in [0.2, 0.25) is 0 Å². The standard InChI is InChI=1S/C26H24N2O3/c1-2-31-22-14-8-7-13-21(22)27-25(29)23-19-11-5-6-12-20(19)26(30)28-16-15-17-9-3-4-10-18(17)24(23)28/h3-14,23-24H,2,15-16H2,1H3,(H,27,29)/t23-,24-/m1/s1. The molecule has 0 radical (unpaired) electrons. The Morgan fingerprint density at radius 2 is 1.71 bits per heavy atom. The highest BCUT2D eigenvalue weighted by molar-refractivity contribution is 6.05. The maximum atomic E-state index is 13.8. The van der Waals surface area contributed by atoms with Crippen molar-refractivity contribution in [3.05, 3.63) is 95.1 Å². The minimum absolute atomic E-state index is 0.00568. The zero-order chi connectivity index (χ0) is 21.4. The van der Waals surface area contributed by atoms with Crippen molar-refractivity contribution in [3.8, 4) is 5.75 Å². The van der Waals surface area contributed by atoms with Crippen LogP contribution < -0.4 is 10.1 Å². The molecule has 0 saturated carbocycles. The molecule has 3 aromatic rings. The number of ether oxygens (including phenoxy) is 1. The molecule has 0 spiro atoms. The Morgan fingerprint density at radius 3 is 2.55 bits per heavy atom. The monoisotopic (exact) mass is 412 g/mol. The lowest BCUT2D eigenvalue weighted by atomic mass is 9.76. The number of benzene rings is 3. The SMILES string of the molecule is CCOc1ccccc1NC(=O)[C@@H]1c2ccccc2C(=O)N2CCc3ccccc3[C@H]12. The van der Waals surface area contributed by atoms with E-state index in [-0.39, 0.29) is 17.9 Å². The normalized spacial score (nSPS) is 19.1. The predicted molar refractivity (Wildman–Crippen MR) is 119 cm³/mol. The van der Waals surface area contributed by atoms with E-state index in [1.54, 1.807) is 0 Å². The molecule has 5 rings (SSSR count). The summed E-state index contributed by atoms with van der Waals surface area (Å²) < 4.78 is 5.70. The lowest BCUT2D eigenvalue weighted by molar-refractivity contribution is -0.119. The minimum Gasteiger partial charge on any atom is -0.492 e. The van der Waals surface area contributed by atoms with Crippen molar-refractivity contribution in [1.82, 2.24) is 4.90 Å². The van der Waals surface area contributed by atoms with Crippen molar-refractivity contribution in [3.63, 3.8) is 0 Å². The van der Waals surface area contributed by atoms with Gasteiger partial charge in [0.25, 0.3) is 5.91 Å². The van der Waals surface area contributed by atoms with Gasteiger partial charge in [0.15, 0.2) is 0 Å². The first kappa shape index (κ1) is 19.4. The van der Waals surface area contributed by atoms with Crippen LogP contribution in [0, 0.1) is 0 Å². The molecule has 0 saturated heterocycles. The maximum Gasteiger partial charge on any atom is 0.254 e. The maximum absolute atomic E-state index is 13.8. The Balaban J connectivity index is 1.61. The van der Waals surface area contributed by atoms with Gasteiger partial charge in [0.05, 0.1) is 24.3 Å². The molecule has 31 heavy (non-hydrogen) atoms. The van der Waals surface area contributed by atoms with Gasteiger partial charge in [-0.15, -0.1) is 0 Å². The van der Waals surface area contributed by atoms with Gasteiger partial charge in [0.1, 0.15) is 5.75 Å². The van der Waals surface area contributed by atoms with Crippen molar-refractivity contribution in [2.75, 3.05) is 18.5 Å². The molecule has 5 nitrogen and oxygen atoms in total. The van der Waals surface area contributed by atoms with Crippen LogP contribution in [-0.4, -0.2) is 29.9 Å². The third-order valence-electron chi connectivity index (χ3n) is 6.16. The quantitative estimate of drug-likeness (QED) is 0.683. The molecular formula is C26H24N2O3. The molecule has 2 atom stereocenters. The summed E-state index contributed by atoms with van der Waals surface area (Å²) in [6, 6.07) is 22.7. The van der Waals surface area contributed by atoms with Gasteiger partial charge in [-0.2, -0.15) is 0 Å². The number of nitrogens with one attached hydrogen (secondary N) is 1. The van der Waals surface area contributed by atoms with E-state index in [4.69, 9.17) is 4.74 Å². The first-order valence-electron chi connectivity index (χ1n) is 10.7. The fourth-order valence-corrected chi connectivity index (χ4v) is 4.82. The van der Waals surface area contributed by atoms with Crippen LogP contribution >= 0.6 is 0 Å². The van der Waals surface area contributed by atoms with E-state index < -0.39 is 5.92 Å². The van der Waals surface area contributed by atoms with Crippen molar-refractivity contribution in [2.45, 2.75) is 25.3 Å². The zero-order valence-electron chi connectivity index (χ0n) is 17.4. The van der Waals surface area contributed by atoms with E-state index in [0.29, 0.717) is 30.2 Å². The van der Waals surface area contributed by atoms with Gasteiger partial charge >= 0.3 is 0 Å². The van der Waals surface area contributed by atoms with Crippen LogP contribution in [0.4, 0.5) is 5.69 Å². The fraction of sp³-hybridized carbons (Fsp3) is 0.231. The molecule has 2 aliphatic heterocycles. The Morgan fingerprint density at radius 1 is 1.00 bits per heavy atom. The van der Waals surface area contributed by atoms with Gasteiger partial charge in [0.2, 0.25) is 5.91 Å². The Hall–Kier alpha value is -3.60. The number of carbonyl (C=O) groups excluding carboxylic acids is 2. The third-order valence-corrected chi connectivity index (χ3v) is 6.16. The number of amides is 2. The summed E-state index contributed by atoms with van der Waals surface area (Å²) in [5, 5.41) is 3.08. The minimum atomic E-state index is -0.509. The lowest BCUT2D eigenvalue weighted by Crippen LogP contribution is -2.49. The predicted octanol–water partition coefficient (Wildman–Crippen LogP) is 4.56. The van der Waals surface area contributed by atoms with E-state index >= 15 is 0 Å². The van der Waals surface area contributed by atoms with Gasteiger partial charge in [-0.3, -0.25) is 9.59 Å². The van der Waals surface area contributed by atoms with E-state index in [0.717, 1.165) is 17.5 Å². The van der Waals surface area contributed by atoms with Crippen LogP contribution in [0.1, 0.15) is 45.9 Å². The molecule has 1 N–H and O–H groups in total. The summed E-state index contributed by atoms with van der Waals surface area (Å²) in [5.74, 6) is -0.0165. The Kier molecular flexibility index (Phi) is 4.94. The first-order valence-corrected chi connectivity index (χ1v) is 10.7. The summed E-state index contributed by atoms with van der Waals surface area (Å²) in [6.07, 6.45) is 0.794. The number of hydrogen-bond donors (Lipinski definition) is 1. The fourth-order valence-electron chi connectivity index (χ4n) is 4.82. The largest absolute Gasteiger partial charge is 0.492 e. The lowest BCUT2D eigenvalue weighted by Gasteiger charge is -2.45. The highest BCUT2D eigenvalue weighted by Gasteiger charge is 2.46. The molecule has 5 heteroatoms. The third kappa shape index (κ3) is 3.26. The molecule has 0 unspecified atom stereocenters. The summed E-state index contributed by atoms with van der Waals surface area (Å²) >= 11 is 0. The molecule has 2 amide bonds. The number of carbonyl (C=O) groups is 2. The van der Waals surface area contributed by atoms with E-state index in [1.165, 1.54) is 5.56 Å². The van der Waals surface area contributed by atoms with E-state index in [2.05, 4.69) is 11.4 Å². The van der Waals surface area contributed by atoms with Crippen LogP contribution in [0.3, 0.4) is 0 Å². The molecule has 0 aliphatic carbocycles. The summed E-state index contributed by atoms with van der Waals surface area (Å²) in [4.78, 5) is 28.9. The Labute approximate surface area is 181 Å². The van der Waals surface area contributed by atoms with Crippen molar-refractivity contribution in [1.29, 1.82) is 0 Å². The van der Waals surface area contributed by atoms with E-state index in [1.807, 2.05) is 78.6 Å². The zero-order valence-corrected chi connectivity index (χ0v) is 17.4. The highest BCUT2D eigenvalue weighted by atomic mass is 16.5. The average molecular weight is 412 g/mol. The van der Waals surface area contributed by atoms with Gasteiger partial charge in [-0.25, -0.2) is 0 Å². The summed E-state index contributed by atoms with van der Waals surface area (Å²) in [7, 11) is 0. The smallest absolute Gasteiger partial charge is 0.254 e. The molecule has 0 aromatic heterocycles. The number of anilines is 1. The number of hydrogen-bond acceptors (Lipinski definition) is 3. The molecule has 0 bridgehead atoms. The summed E-state index contributed by atoms with van der Waals surface area (Å²) in [6.45, 7) is 3.03. The Bertz CT molecular complexity index is 1160. The molecule has 0 fully saturated rings. The number of rotatable bonds is 4. The number of fused-ring (bicyclic) bond motifs is 4. The van der Waals surface area contributed by atoms with Gasteiger partial charge in [0, 0.05) is 12.1 Å². The van der Waals surface area contributed by atoms with E-state index in [9.17, 15) is 9.59 Å².